The molecule has 0 aromatic heterocycles. The van der Waals surface area contributed by atoms with Crippen LogP contribution in [0.5, 0.6) is 0 Å². The van der Waals surface area contributed by atoms with Crippen LogP contribution in [0.3, 0.4) is 0 Å². The minimum absolute atomic E-state index is 0.0637. The number of carbonyl (C=O) groups is 2. The smallest absolute Gasteiger partial charge is 0.309 e. The molecule has 4 atom stereocenters. The van der Waals surface area contributed by atoms with Crippen molar-refractivity contribution in [2.75, 3.05) is 7.11 Å². The van der Waals surface area contributed by atoms with Crippen molar-refractivity contribution < 1.29 is 14.3 Å². The number of hydrogen-bond donors (Lipinski definition) is 0. The van der Waals surface area contributed by atoms with E-state index in [1.165, 1.54) is 7.11 Å². The Balaban J connectivity index is 2.17. The first-order valence-electron chi connectivity index (χ1n) is 4.81. The van der Waals surface area contributed by atoms with Crippen molar-refractivity contribution in [2.45, 2.75) is 19.3 Å². The van der Waals surface area contributed by atoms with E-state index in [4.69, 9.17) is 4.74 Å². The van der Waals surface area contributed by atoms with Gasteiger partial charge in [-0.25, -0.2) is 0 Å². The first kappa shape index (κ1) is 8.73. The van der Waals surface area contributed by atoms with Crippen LogP contribution < -0.4 is 0 Å². The van der Waals surface area contributed by atoms with Gasteiger partial charge < -0.3 is 9.53 Å². The maximum absolute atomic E-state index is 11.4. The van der Waals surface area contributed by atoms with Gasteiger partial charge >= 0.3 is 5.97 Å². The number of esters is 1. The topological polar surface area (TPSA) is 43.4 Å². The van der Waals surface area contributed by atoms with Crippen molar-refractivity contribution in [2.24, 2.45) is 23.7 Å². The summed E-state index contributed by atoms with van der Waals surface area (Å²) in [7, 11) is 1.40. The zero-order valence-corrected chi connectivity index (χ0v) is 7.73. The van der Waals surface area contributed by atoms with Crippen LogP contribution in [0, 0.1) is 23.7 Å². The molecule has 2 fully saturated rings. The Morgan fingerprint density at radius 3 is 2.69 bits per heavy atom. The fraction of sp³-hybridized carbons (Fsp3) is 0.800. The van der Waals surface area contributed by atoms with Crippen molar-refractivity contribution in [1.29, 1.82) is 0 Å². The molecule has 2 aliphatic rings. The van der Waals surface area contributed by atoms with Crippen LogP contribution in [-0.4, -0.2) is 19.4 Å². The van der Waals surface area contributed by atoms with E-state index in [1.807, 2.05) is 0 Å². The molecule has 2 aliphatic carbocycles. The Labute approximate surface area is 77.4 Å². The number of hydrogen-bond acceptors (Lipinski definition) is 3. The summed E-state index contributed by atoms with van der Waals surface area (Å²) >= 11 is 0. The third-order valence-corrected chi connectivity index (χ3v) is 3.61. The normalized spacial score (nSPS) is 41.9. The maximum atomic E-state index is 11.4. The van der Waals surface area contributed by atoms with Crippen molar-refractivity contribution in [3.8, 4) is 0 Å². The van der Waals surface area contributed by atoms with E-state index in [0.717, 1.165) is 25.5 Å². The van der Waals surface area contributed by atoms with Gasteiger partial charge in [-0.1, -0.05) is 0 Å². The van der Waals surface area contributed by atoms with Gasteiger partial charge in [-0.3, -0.25) is 4.79 Å². The molecule has 0 aromatic rings. The quantitative estimate of drug-likeness (QED) is 0.473. The molecule has 2 bridgehead atoms. The highest BCUT2D eigenvalue weighted by molar-refractivity contribution is 5.78. The van der Waals surface area contributed by atoms with E-state index in [-0.39, 0.29) is 17.8 Å². The van der Waals surface area contributed by atoms with E-state index >= 15 is 0 Å². The second kappa shape index (κ2) is 3.13. The minimum atomic E-state index is -0.190. The predicted molar refractivity (Wildman–Crippen MR) is 45.9 cm³/mol. The third-order valence-electron chi connectivity index (χ3n) is 3.61. The molecule has 3 heteroatoms. The number of fused-ring (bicyclic) bond motifs is 2. The summed E-state index contributed by atoms with van der Waals surface area (Å²) in [5.41, 5.74) is 0. The first-order chi connectivity index (χ1) is 6.27. The molecule has 72 valence electrons. The molecule has 1 unspecified atom stereocenters. The fourth-order valence-electron chi connectivity index (χ4n) is 3.02. The molecule has 13 heavy (non-hydrogen) atoms. The lowest BCUT2D eigenvalue weighted by molar-refractivity contribution is -0.150. The molecule has 0 radical (unpaired) electrons. The zero-order chi connectivity index (χ0) is 9.42. The molecule has 0 aliphatic heterocycles. The monoisotopic (exact) mass is 182 g/mol. The van der Waals surface area contributed by atoms with E-state index in [2.05, 4.69) is 0 Å². The molecule has 2 rings (SSSR count). The minimum Gasteiger partial charge on any atom is -0.469 e. The molecule has 3 nitrogen and oxygen atoms in total. The summed E-state index contributed by atoms with van der Waals surface area (Å²) in [5.74, 6) is 0.469. The molecular formula is C10H14O3. The molecule has 0 saturated heterocycles. The lowest BCUT2D eigenvalue weighted by Crippen LogP contribution is -2.31. The van der Waals surface area contributed by atoms with E-state index in [0.29, 0.717) is 11.8 Å². The number of carbonyl (C=O) groups excluding carboxylic acids is 2. The zero-order valence-electron chi connectivity index (χ0n) is 7.73. The highest BCUT2D eigenvalue weighted by Crippen LogP contribution is 2.51. The number of ether oxygens (including phenoxy) is 1. The Hall–Kier alpha value is -0.860. The van der Waals surface area contributed by atoms with Gasteiger partial charge in [-0.2, -0.15) is 0 Å². The standard InChI is InChI=1S/C10H14O3/c1-13-10(12)9-7-3-2-6(4-7)8(9)5-11/h5-9H,2-4H2,1H3/t6?,7-,8+,9-/m0/s1. The Kier molecular flexibility index (Phi) is 2.10. The highest BCUT2D eigenvalue weighted by Gasteiger charge is 2.51. The summed E-state index contributed by atoms with van der Waals surface area (Å²) in [6.45, 7) is 0. The largest absolute Gasteiger partial charge is 0.469 e. The lowest BCUT2D eigenvalue weighted by Gasteiger charge is -2.24. The van der Waals surface area contributed by atoms with Crippen LogP contribution >= 0.6 is 0 Å². The molecule has 0 N–H and O–H groups in total. The van der Waals surface area contributed by atoms with Crippen molar-refractivity contribution in [3.63, 3.8) is 0 Å². The number of aldehydes is 1. The molecule has 0 aromatic carbocycles. The second-order valence-corrected chi connectivity index (χ2v) is 4.10. The summed E-state index contributed by atoms with van der Waals surface area (Å²) in [5, 5.41) is 0. The van der Waals surface area contributed by atoms with Gasteiger partial charge in [0.1, 0.15) is 6.29 Å². The van der Waals surface area contributed by atoms with E-state index < -0.39 is 0 Å². The highest BCUT2D eigenvalue weighted by atomic mass is 16.5. The fourth-order valence-corrected chi connectivity index (χ4v) is 3.02. The SMILES string of the molecule is COC(=O)[C@H]1[C@H]2CCC(C2)[C@H]1C=O. The molecule has 0 spiro atoms. The molecular weight excluding hydrogens is 168 g/mol. The van der Waals surface area contributed by atoms with Crippen molar-refractivity contribution >= 4 is 12.3 Å². The average molecular weight is 182 g/mol. The van der Waals surface area contributed by atoms with E-state index in [1.54, 1.807) is 0 Å². The maximum Gasteiger partial charge on any atom is 0.309 e. The number of rotatable bonds is 2. The van der Waals surface area contributed by atoms with Gasteiger partial charge in [0.25, 0.3) is 0 Å². The van der Waals surface area contributed by atoms with Crippen molar-refractivity contribution in [3.05, 3.63) is 0 Å². The second-order valence-electron chi connectivity index (χ2n) is 4.10. The Morgan fingerprint density at radius 2 is 2.08 bits per heavy atom. The lowest BCUT2D eigenvalue weighted by atomic mass is 9.80. The summed E-state index contributed by atoms with van der Waals surface area (Å²) < 4.78 is 4.72. The van der Waals surface area contributed by atoms with Crippen molar-refractivity contribution in [1.82, 2.24) is 0 Å². The van der Waals surface area contributed by atoms with Crippen LogP contribution in [0.15, 0.2) is 0 Å². The van der Waals surface area contributed by atoms with Crippen LogP contribution in [0.1, 0.15) is 19.3 Å². The van der Waals surface area contributed by atoms with Gasteiger partial charge in [-0.15, -0.1) is 0 Å². The molecule has 2 saturated carbocycles. The van der Waals surface area contributed by atoms with Crippen LogP contribution in [0.25, 0.3) is 0 Å². The van der Waals surface area contributed by atoms with Crippen LogP contribution in [0.2, 0.25) is 0 Å². The van der Waals surface area contributed by atoms with Gasteiger partial charge in [0, 0.05) is 5.92 Å². The third kappa shape index (κ3) is 1.18. The van der Waals surface area contributed by atoms with Crippen LogP contribution in [0.4, 0.5) is 0 Å². The summed E-state index contributed by atoms with van der Waals surface area (Å²) in [4.78, 5) is 22.2. The van der Waals surface area contributed by atoms with Gasteiger partial charge in [-0.05, 0) is 31.1 Å². The van der Waals surface area contributed by atoms with E-state index in [9.17, 15) is 9.59 Å². The predicted octanol–water partition coefficient (Wildman–Crippen LogP) is 1.02. The Morgan fingerprint density at radius 1 is 1.38 bits per heavy atom. The molecule has 0 amide bonds. The van der Waals surface area contributed by atoms with Gasteiger partial charge in [0.2, 0.25) is 0 Å². The Bertz CT molecular complexity index is 236. The average Bonchev–Trinajstić information content (AvgIpc) is 2.74. The number of methoxy groups -OCH3 is 1. The van der Waals surface area contributed by atoms with Crippen LogP contribution in [-0.2, 0) is 14.3 Å². The summed E-state index contributed by atoms with van der Waals surface area (Å²) in [6.07, 6.45) is 4.20. The summed E-state index contributed by atoms with van der Waals surface area (Å²) in [6, 6.07) is 0. The van der Waals surface area contributed by atoms with Gasteiger partial charge in [0.15, 0.2) is 0 Å². The first-order valence-corrected chi connectivity index (χ1v) is 4.81. The molecule has 0 heterocycles. The van der Waals surface area contributed by atoms with Gasteiger partial charge in [0.05, 0.1) is 13.0 Å².